The molecule has 0 bridgehead atoms. The Balaban J connectivity index is 2.55. The number of nitrogens with one attached hydrogen (secondary N) is 1. The van der Waals surface area contributed by atoms with Gasteiger partial charge in [0.05, 0.1) is 17.3 Å². The molecule has 0 saturated carbocycles. The molecule has 0 radical (unpaired) electrons. The van der Waals surface area contributed by atoms with Gasteiger partial charge in [-0.2, -0.15) is 0 Å². The first-order chi connectivity index (χ1) is 6.24. The zero-order valence-corrected chi connectivity index (χ0v) is 8.36. The smallest absolute Gasteiger partial charge is 0.0641 e. The summed E-state index contributed by atoms with van der Waals surface area (Å²) in [6.45, 7) is 0.801. The van der Waals surface area contributed by atoms with Crippen LogP contribution in [0.3, 0.4) is 0 Å². The third kappa shape index (κ3) is 1.39. The largest absolute Gasteiger partial charge is 0.396 e. The number of halogens is 2. The van der Waals surface area contributed by atoms with E-state index in [4.69, 9.17) is 28.3 Å². The number of hydrogen-bond acceptors (Lipinski definition) is 2. The van der Waals surface area contributed by atoms with Gasteiger partial charge < -0.3 is 10.4 Å². The quantitative estimate of drug-likeness (QED) is 0.758. The van der Waals surface area contributed by atoms with E-state index in [9.17, 15) is 0 Å². The molecule has 13 heavy (non-hydrogen) atoms. The van der Waals surface area contributed by atoms with Crippen LogP contribution in [0.2, 0.25) is 10.0 Å². The van der Waals surface area contributed by atoms with Gasteiger partial charge in [-0.3, -0.25) is 0 Å². The number of anilines is 1. The van der Waals surface area contributed by atoms with Gasteiger partial charge in [0.15, 0.2) is 0 Å². The molecule has 0 fully saturated rings. The normalized spacial score (nSPS) is 19.8. The molecule has 1 aliphatic rings. The summed E-state index contributed by atoms with van der Waals surface area (Å²) in [4.78, 5) is 0. The molecule has 1 heterocycles. The Bertz CT molecular complexity index is 341. The predicted octanol–water partition coefficient (Wildman–Crippen LogP) is 2.49. The summed E-state index contributed by atoms with van der Waals surface area (Å²) in [6, 6.07) is 3.52. The standard InChI is InChI=1S/C9H9Cl2NO/c10-6-1-2-7(11)9-8(6)5(4-13)3-12-9/h1-2,5,12-13H,3-4H2. The second-order valence-electron chi connectivity index (χ2n) is 3.08. The van der Waals surface area contributed by atoms with Gasteiger partial charge in [0.1, 0.15) is 0 Å². The Morgan fingerprint density at radius 1 is 1.38 bits per heavy atom. The molecule has 1 aromatic rings. The van der Waals surface area contributed by atoms with E-state index >= 15 is 0 Å². The number of aliphatic hydroxyl groups excluding tert-OH is 1. The van der Waals surface area contributed by atoms with Gasteiger partial charge in [0.2, 0.25) is 0 Å². The van der Waals surface area contributed by atoms with E-state index in [0.29, 0.717) is 16.6 Å². The van der Waals surface area contributed by atoms with Crippen molar-refractivity contribution >= 4 is 28.9 Å². The molecule has 0 aliphatic carbocycles. The average Bonchev–Trinajstić information content (AvgIpc) is 2.56. The fourth-order valence-corrected chi connectivity index (χ4v) is 2.17. The van der Waals surface area contributed by atoms with Crippen LogP contribution in [-0.2, 0) is 0 Å². The molecule has 0 saturated heterocycles. The summed E-state index contributed by atoms with van der Waals surface area (Å²) in [7, 11) is 0. The predicted molar refractivity (Wildman–Crippen MR) is 54.8 cm³/mol. The molecule has 1 aliphatic heterocycles. The minimum atomic E-state index is 0.0706. The Kier molecular flexibility index (Phi) is 2.37. The highest BCUT2D eigenvalue weighted by Crippen LogP contribution is 2.41. The Morgan fingerprint density at radius 2 is 2.08 bits per heavy atom. The molecular weight excluding hydrogens is 209 g/mol. The summed E-state index contributed by atoms with van der Waals surface area (Å²) >= 11 is 12.0. The second kappa shape index (κ2) is 3.37. The summed E-state index contributed by atoms with van der Waals surface area (Å²) in [5.41, 5.74) is 1.81. The molecule has 4 heteroatoms. The maximum atomic E-state index is 9.09. The van der Waals surface area contributed by atoms with Crippen LogP contribution in [0.25, 0.3) is 0 Å². The van der Waals surface area contributed by atoms with Gasteiger partial charge in [-0.05, 0) is 12.1 Å². The summed E-state index contributed by atoms with van der Waals surface area (Å²) in [6.07, 6.45) is 0. The number of rotatable bonds is 1. The minimum absolute atomic E-state index is 0.0706. The summed E-state index contributed by atoms with van der Waals surface area (Å²) in [5, 5.41) is 13.6. The van der Waals surface area contributed by atoms with Crippen molar-refractivity contribution < 1.29 is 5.11 Å². The lowest BCUT2D eigenvalue weighted by Crippen LogP contribution is -2.06. The first-order valence-corrected chi connectivity index (χ1v) is 4.82. The van der Waals surface area contributed by atoms with Crippen molar-refractivity contribution in [2.24, 2.45) is 0 Å². The van der Waals surface area contributed by atoms with Gasteiger partial charge in [-0.25, -0.2) is 0 Å². The fourth-order valence-electron chi connectivity index (χ4n) is 1.63. The lowest BCUT2D eigenvalue weighted by atomic mass is 10.0. The monoisotopic (exact) mass is 217 g/mol. The highest BCUT2D eigenvalue weighted by molar-refractivity contribution is 6.36. The molecule has 0 aromatic heterocycles. The molecular formula is C9H9Cl2NO. The van der Waals surface area contributed by atoms with Crippen molar-refractivity contribution in [1.29, 1.82) is 0 Å². The van der Waals surface area contributed by atoms with Crippen LogP contribution in [0.5, 0.6) is 0 Å². The average molecular weight is 218 g/mol. The third-order valence-electron chi connectivity index (χ3n) is 2.30. The molecule has 70 valence electrons. The minimum Gasteiger partial charge on any atom is -0.396 e. The summed E-state index contributed by atoms with van der Waals surface area (Å²) < 4.78 is 0. The van der Waals surface area contributed by atoms with E-state index in [0.717, 1.165) is 11.3 Å². The number of benzene rings is 1. The van der Waals surface area contributed by atoms with Crippen molar-refractivity contribution in [1.82, 2.24) is 0 Å². The van der Waals surface area contributed by atoms with Crippen LogP contribution in [-0.4, -0.2) is 18.3 Å². The van der Waals surface area contributed by atoms with E-state index in [1.165, 1.54) is 0 Å². The van der Waals surface area contributed by atoms with Crippen LogP contribution in [0.15, 0.2) is 12.1 Å². The van der Waals surface area contributed by atoms with Crippen LogP contribution < -0.4 is 5.32 Å². The lowest BCUT2D eigenvalue weighted by Gasteiger charge is -2.08. The fraction of sp³-hybridized carbons (Fsp3) is 0.333. The first-order valence-electron chi connectivity index (χ1n) is 4.06. The zero-order valence-electron chi connectivity index (χ0n) is 6.85. The highest BCUT2D eigenvalue weighted by atomic mass is 35.5. The first kappa shape index (κ1) is 9.13. The number of aliphatic hydroxyl groups is 1. The molecule has 2 rings (SSSR count). The molecule has 0 spiro atoms. The van der Waals surface area contributed by atoms with E-state index in [1.54, 1.807) is 12.1 Å². The molecule has 1 atom stereocenters. The molecule has 0 amide bonds. The van der Waals surface area contributed by atoms with Crippen LogP contribution in [0, 0.1) is 0 Å². The zero-order chi connectivity index (χ0) is 9.42. The van der Waals surface area contributed by atoms with Gasteiger partial charge in [0.25, 0.3) is 0 Å². The van der Waals surface area contributed by atoms with Gasteiger partial charge in [0, 0.05) is 23.0 Å². The maximum absolute atomic E-state index is 9.09. The molecule has 1 aromatic carbocycles. The van der Waals surface area contributed by atoms with E-state index in [-0.39, 0.29) is 12.5 Å². The van der Waals surface area contributed by atoms with Gasteiger partial charge in [-0.15, -0.1) is 0 Å². The van der Waals surface area contributed by atoms with Crippen molar-refractivity contribution in [3.63, 3.8) is 0 Å². The van der Waals surface area contributed by atoms with Crippen LogP contribution in [0.1, 0.15) is 11.5 Å². The molecule has 2 N–H and O–H groups in total. The third-order valence-corrected chi connectivity index (χ3v) is 2.94. The molecule has 1 unspecified atom stereocenters. The number of hydrogen-bond donors (Lipinski definition) is 2. The van der Waals surface area contributed by atoms with Crippen LogP contribution in [0.4, 0.5) is 5.69 Å². The topological polar surface area (TPSA) is 32.3 Å². The SMILES string of the molecule is OCC1CNc2c(Cl)ccc(Cl)c21. The van der Waals surface area contributed by atoms with E-state index < -0.39 is 0 Å². The highest BCUT2D eigenvalue weighted by Gasteiger charge is 2.25. The van der Waals surface area contributed by atoms with Crippen molar-refractivity contribution in [2.75, 3.05) is 18.5 Å². The lowest BCUT2D eigenvalue weighted by molar-refractivity contribution is 0.273. The van der Waals surface area contributed by atoms with Crippen molar-refractivity contribution in [3.8, 4) is 0 Å². The Hall–Kier alpha value is -0.440. The molecule has 2 nitrogen and oxygen atoms in total. The van der Waals surface area contributed by atoms with E-state index in [2.05, 4.69) is 5.32 Å². The maximum Gasteiger partial charge on any atom is 0.0641 e. The Morgan fingerprint density at radius 3 is 2.77 bits per heavy atom. The second-order valence-corrected chi connectivity index (χ2v) is 3.89. The van der Waals surface area contributed by atoms with E-state index in [1.807, 2.05) is 0 Å². The Labute approximate surface area is 86.5 Å². The van der Waals surface area contributed by atoms with Crippen molar-refractivity contribution in [2.45, 2.75) is 5.92 Å². The van der Waals surface area contributed by atoms with Gasteiger partial charge in [-0.1, -0.05) is 23.2 Å². The number of fused-ring (bicyclic) bond motifs is 1. The van der Waals surface area contributed by atoms with Crippen LogP contribution >= 0.6 is 23.2 Å². The van der Waals surface area contributed by atoms with Gasteiger partial charge >= 0.3 is 0 Å². The summed E-state index contributed by atoms with van der Waals surface area (Å²) in [5.74, 6) is 0.0706. The van der Waals surface area contributed by atoms with Crippen molar-refractivity contribution in [3.05, 3.63) is 27.7 Å².